The lowest BCUT2D eigenvalue weighted by molar-refractivity contribution is -0.904. The van der Waals surface area contributed by atoms with Crippen LogP contribution in [0.4, 0.5) is 0 Å². The third kappa shape index (κ3) is 7.98. The summed E-state index contributed by atoms with van der Waals surface area (Å²) in [6.45, 7) is 2.23. The van der Waals surface area contributed by atoms with Crippen molar-refractivity contribution < 1.29 is 38.8 Å². The Labute approximate surface area is 311 Å². The number of pyridine rings is 1. The van der Waals surface area contributed by atoms with Crippen LogP contribution in [0.3, 0.4) is 0 Å². The number of halogens is 2. The van der Waals surface area contributed by atoms with Gasteiger partial charge in [0.15, 0.2) is 11.5 Å². The molecule has 270 valence electrons. The zero-order valence-electron chi connectivity index (χ0n) is 28.7. The highest BCUT2D eigenvalue weighted by Gasteiger charge is 2.53. The number of ether oxygens (including phenoxy) is 3. The molecule has 0 bridgehead atoms. The topological polar surface area (TPSA) is 121 Å². The van der Waals surface area contributed by atoms with Crippen LogP contribution in [0.5, 0.6) is 11.5 Å². The molecule has 0 unspecified atom stereocenters. The third-order valence-corrected chi connectivity index (χ3v) is 11.9. The number of esters is 1. The van der Waals surface area contributed by atoms with E-state index in [2.05, 4.69) is 17.3 Å². The summed E-state index contributed by atoms with van der Waals surface area (Å²) in [4.78, 5) is 29.8. The summed E-state index contributed by atoms with van der Waals surface area (Å²) in [5.74, 6) is -0.680. The minimum absolute atomic E-state index is 0.0304. The van der Waals surface area contributed by atoms with Gasteiger partial charge in [0, 0.05) is 46.8 Å². The molecule has 2 aromatic heterocycles. The van der Waals surface area contributed by atoms with Gasteiger partial charge >= 0.3 is 11.9 Å². The molecule has 6 rings (SSSR count). The molecule has 2 aliphatic rings. The van der Waals surface area contributed by atoms with Crippen LogP contribution in [0.1, 0.15) is 68.4 Å². The average Bonchev–Trinajstić information content (AvgIpc) is 3.53. The van der Waals surface area contributed by atoms with Gasteiger partial charge in [-0.2, -0.15) is 0 Å². The zero-order chi connectivity index (χ0) is 36.3. The van der Waals surface area contributed by atoms with Gasteiger partial charge in [0.1, 0.15) is 21.0 Å². The second-order valence-electron chi connectivity index (χ2n) is 13.3. The number of aromatic carboxylic acids is 1. The van der Waals surface area contributed by atoms with Gasteiger partial charge in [-0.15, -0.1) is 11.3 Å². The Bertz CT molecular complexity index is 1850. The van der Waals surface area contributed by atoms with Crippen LogP contribution >= 0.6 is 34.5 Å². The smallest absolute Gasteiger partial charge is 0.346 e. The van der Waals surface area contributed by atoms with Gasteiger partial charge in [-0.25, -0.2) is 4.79 Å². The predicted octanol–water partition coefficient (Wildman–Crippen LogP) is 6.50. The summed E-state index contributed by atoms with van der Waals surface area (Å²) in [6, 6.07) is 17.3. The van der Waals surface area contributed by atoms with Crippen LogP contribution in [-0.4, -0.2) is 73.7 Å². The number of piperidine rings is 1. The fraction of sp³-hybridized carbons (Fsp3) is 0.395. The van der Waals surface area contributed by atoms with Gasteiger partial charge in [-0.1, -0.05) is 59.6 Å². The van der Waals surface area contributed by atoms with E-state index in [0.29, 0.717) is 42.0 Å². The molecular weight excluding hydrogens is 713 g/mol. The number of hydrogen-bond acceptors (Lipinski definition) is 9. The average molecular weight is 756 g/mol. The number of nitrogens with zero attached hydrogens (tertiary/aromatic N) is 2. The number of carbonyl (C=O) groups excluding carboxylic acids is 1. The molecule has 51 heavy (non-hydrogen) atoms. The van der Waals surface area contributed by atoms with Crippen molar-refractivity contribution in [2.24, 2.45) is 0 Å². The molecule has 1 aliphatic carbocycles. The third-order valence-electron chi connectivity index (χ3n) is 10.1. The highest BCUT2D eigenvalue weighted by atomic mass is 35.5. The molecule has 0 amide bonds. The molecule has 13 heteroatoms. The highest BCUT2D eigenvalue weighted by molar-refractivity contribution is 7.14. The molecule has 3 N–H and O–H groups in total. The largest absolute Gasteiger partial charge is 0.493 e. The molecule has 3 heterocycles. The van der Waals surface area contributed by atoms with Crippen molar-refractivity contribution in [2.45, 2.75) is 62.1 Å². The Kier molecular flexibility index (Phi) is 11.4. The maximum Gasteiger partial charge on any atom is 0.346 e. The first-order chi connectivity index (χ1) is 24.5. The molecule has 1 atom stereocenters. The fourth-order valence-corrected chi connectivity index (χ4v) is 8.82. The number of benzene rings is 2. The lowest BCUT2D eigenvalue weighted by Gasteiger charge is -2.47. The molecule has 0 spiro atoms. The van der Waals surface area contributed by atoms with Gasteiger partial charge in [-0.05, 0) is 74.0 Å². The second kappa shape index (κ2) is 15.8. The summed E-state index contributed by atoms with van der Waals surface area (Å²) in [6.07, 6.45) is 5.67. The molecular formula is C38H42Cl2N3O7S+. The molecule has 1 aliphatic heterocycles. The zero-order valence-corrected chi connectivity index (χ0v) is 31.1. The van der Waals surface area contributed by atoms with Crippen molar-refractivity contribution in [3.63, 3.8) is 0 Å². The minimum atomic E-state index is -1.05. The summed E-state index contributed by atoms with van der Waals surface area (Å²) in [5, 5.41) is 24.5. The van der Waals surface area contributed by atoms with E-state index in [0.717, 1.165) is 46.7 Å². The number of hydrogen-bond donors (Lipinski definition) is 3. The second-order valence-corrected chi connectivity index (χ2v) is 15.3. The number of carboxylic acids is 1. The van der Waals surface area contributed by atoms with Crippen LogP contribution in [0.15, 0.2) is 67.0 Å². The van der Waals surface area contributed by atoms with Gasteiger partial charge in [0.05, 0.1) is 19.6 Å². The van der Waals surface area contributed by atoms with Crippen LogP contribution in [0.25, 0.3) is 0 Å². The number of aromatic nitrogens is 1. The summed E-state index contributed by atoms with van der Waals surface area (Å²) < 4.78 is 17.9. The Morgan fingerprint density at radius 2 is 1.69 bits per heavy atom. The molecule has 2 fully saturated rings. The monoisotopic (exact) mass is 754 g/mol. The lowest BCUT2D eigenvalue weighted by atomic mass is 9.61. The van der Waals surface area contributed by atoms with Gasteiger partial charge in [-0.3, -0.25) is 10.0 Å². The van der Waals surface area contributed by atoms with Crippen LogP contribution in [0.2, 0.25) is 10.0 Å². The molecule has 10 nitrogen and oxygen atoms in total. The predicted molar refractivity (Wildman–Crippen MR) is 195 cm³/mol. The fourth-order valence-electron chi connectivity index (χ4n) is 7.20. The van der Waals surface area contributed by atoms with Gasteiger partial charge in [0.2, 0.25) is 12.4 Å². The standard InChI is InChI=1S/C38H41Cl2N3O7S/c1-42-13-11-26(12-14-42)50-37(46)38(24-7-5-4-6-8-24)18-25(19-38)41-20-27-16-29(35(51-27)36(44)45)28(17-30-31(39)21-43(47)22-32(30)40)23-9-10-33(48-2)34(15-23)49-3/h4-10,15-16,21-22,25-26,28,41H,11-14,17-20H2,1-3H3,(H-,44,45,47)/p+1/t25?,28-,38?/m0/s1. The van der Waals surface area contributed by atoms with E-state index in [4.69, 9.17) is 37.4 Å². The van der Waals surface area contributed by atoms with Gasteiger partial charge in [0.25, 0.3) is 0 Å². The van der Waals surface area contributed by atoms with E-state index in [1.807, 2.05) is 48.5 Å². The number of methoxy groups -OCH3 is 2. The van der Waals surface area contributed by atoms with Crippen LogP contribution < -0.4 is 19.5 Å². The van der Waals surface area contributed by atoms with Crippen molar-refractivity contribution in [1.82, 2.24) is 10.2 Å². The number of nitrogens with one attached hydrogen (secondary N) is 1. The number of likely N-dealkylation sites (tertiary alicyclic amines) is 1. The lowest BCUT2D eigenvalue weighted by Crippen LogP contribution is -2.57. The number of thiophene rings is 1. The SMILES string of the molecule is COc1ccc([C@H](Cc2c(Cl)c[n+](O)cc2Cl)c2cc(CNC3CC(C(=O)OC4CCN(C)CC4)(c4ccccc4)C3)sc2C(=O)O)cc1OC. The molecule has 1 saturated heterocycles. The van der Waals surface area contributed by atoms with Crippen molar-refractivity contribution in [3.05, 3.63) is 109 Å². The summed E-state index contributed by atoms with van der Waals surface area (Å²) in [5.41, 5.74) is 2.15. The maximum atomic E-state index is 13.8. The van der Waals surface area contributed by atoms with E-state index in [9.17, 15) is 19.9 Å². The van der Waals surface area contributed by atoms with Crippen molar-refractivity contribution in [3.8, 4) is 11.5 Å². The Hall–Kier alpha value is -3.87. The quantitative estimate of drug-likeness (QED) is 0.0799. The Morgan fingerprint density at radius 1 is 1.02 bits per heavy atom. The number of rotatable bonds is 13. The van der Waals surface area contributed by atoms with Crippen LogP contribution in [0, 0.1) is 0 Å². The first kappa shape index (κ1) is 36.9. The first-order valence-electron chi connectivity index (χ1n) is 16.9. The van der Waals surface area contributed by atoms with E-state index in [-0.39, 0.29) is 39.5 Å². The minimum Gasteiger partial charge on any atom is -0.493 e. The van der Waals surface area contributed by atoms with Crippen molar-refractivity contribution >= 4 is 46.5 Å². The summed E-state index contributed by atoms with van der Waals surface area (Å²) in [7, 11) is 5.17. The molecule has 4 aromatic rings. The van der Waals surface area contributed by atoms with Crippen molar-refractivity contribution in [1.29, 1.82) is 0 Å². The van der Waals surface area contributed by atoms with Crippen LogP contribution in [-0.2, 0) is 27.9 Å². The molecule has 2 aromatic carbocycles. The van der Waals surface area contributed by atoms with E-state index < -0.39 is 17.3 Å². The van der Waals surface area contributed by atoms with Gasteiger partial charge < -0.3 is 29.5 Å². The normalized spacial score (nSPS) is 20.0. The first-order valence-corrected chi connectivity index (χ1v) is 18.4. The number of carboxylic acid groups (broad SMARTS) is 1. The van der Waals surface area contributed by atoms with E-state index >= 15 is 0 Å². The van der Waals surface area contributed by atoms with E-state index in [1.165, 1.54) is 23.7 Å². The molecule has 1 saturated carbocycles. The Balaban J connectivity index is 1.25. The highest BCUT2D eigenvalue weighted by Crippen LogP contribution is 2.46. The Morgan fingerprint density at radius 3 is 2.31 bits per heavy atom. The number of carbonyl (C=O) groups is 2. The maximum absolute atomic E-state index is 13.8. The summed E-state index contributed by atoms with van der Waals surface area (Å²) >= 11 is 14.3. The molecule has 0 radical (unpaired) electrons. The van der Waals surface area contributed by atoms with Crippen molar-refractivity contribution in [2.75, 3.05) is 34.4 Å². The van der Waals surface area contributed by atoms with E-state index in [1.54, 1.807) is 20.3 Å².